The molecule has 3 aromatic carbocycles. The Morgan fingerprint density at radius 2 is 1.62 bits per heavy atom. The Hall–Kier alpha value is -3.93. The molecule has 0 saturated carbocycles. The zero-order valence-electron chi connectivity index (χ0n) is 15.9. The Bertz CT molecular complexity index is 1170. The van der Waals surface area contributed by atoms with Crippen LogP contribution in [0.4, 0.5) is 5.95 Å². The first kappa shape index (κ1) is 17.2. The first-order valence-electron chi connectivity index (χ1n) is 9.38. The van der Waals surface area contributed by atoms with E-state index in [1.165, 1.54) is 11.1 Å². The molecule has 29 heavy (non-hydrogen) atoms. The molecule has 142 valence electrons. The van der Waals surface area contributed by atoms with Crippen LogP contribution in [0.15, 0.2) is 84.9 Å². The first-order chi connectivity index (χ1) is 14.3. The zero-order chi connectivity index (χ0) is 19.6. The van der Waals surface area contributed by atoms with Crippen LogP contribution in [0.25, 0.3) is 16.8 Å². The fourth-order valence-corrected chi connectivity index (χ4v) is 3.56. The summed E-state index contributed by atoms with van der Waals surface area (Å²) in [5, 5.41) is 15.5. The van der Waals surface area contributed by atoms with Gasteiger partial charge in [0.2, 0.25) is 5.95 Å². The lowest BCUT2D eigenvalue weighted by Gasteiger charge is -2.23. The number of benzene rings is 3. The monoisotopic (exact) mass is 381 g/mol. The Morgan fingerprint density at radius 3 is 2.41 bits per heavy atom. The quantitative estimate of drug-likeness (QED) is 0.567. The minimum absolute atomic E-state index is 0.125. The number of fused-ring (bicyclic) bond motifs is 1. The summed E-state index contributed by atoms with van der Waals surface area (Å²) in [6, 6.07) is 26.7. The predicted octanol–water partition coefficient (Wildman–Crippen LogP) is 4.40. The molecule has 1 atom stereocenters. The Kier molecular flexibility index (Phi) is 4.29. The van der Waals surface area contributed by atoms with E-state index >= 15 is 0 Å². The summed E-state index contributed by atoms with van der Waals surface area (Å²) in [6.07, 6.45) is 2.13. The molecule has 1 unspecified atom stereocenters. The van der Waals surface area contributed by atoms with Crippen molar-refractivity contribution in [2.75, 3.05) is 12.4 Å². The molecule has 0 radical (unpaired) electrons. The van der Waals surface area contributed by atoms with Crippen LogP contribution in [-0.2, 0) is 0 Å². The van der Waals surface area contributed by atoms with Gasteiger partial charge in [-0.05, 0) is 50.9 Å². The highest BCUT2D eigenvalue weighted by molar-refractivity contribution is 5.78. The van der Waals surface area contributed by atoms with E-state index in [1.54, 1.807) is 11.8 Å². The highest BCUT2D eigenvalue weighted by Crippen LogP contribution is 2.33. The number of hydrogen-bond donors (Lipinski definition) is 1. The first-order valence-corrected chi connectivity index (χ1v) is 9.38. The molecule has 0 bridgehead atoms. The minimum Gasteiger partial charge on any atom is -0.497 e. The van der Waals surface area contributed by atoms with E-state index in [4.69, 9.17) is 4.74 Å². The molecule has 0 saturated heterocycles. The standard InChI is InChI=1S/C23H19N5O/c1-29-20-9-5-8-19(14-20)22-15-21(24-23-25-26-27-28(22)23)18-12-10-17(11-13-18)16-6-3-2-4-7-16/h2-15,22H,1H3,(H,24,25,27). The summed E-state index contributed by atoms with van der Waals surface area (Å²) < 4.78 is 7.16. The van der Waals surface area contributed by atoms with Crippen molar-refractivity contribution in [3.63, 3.8) is 0 Å². The summed E-state index contributed by atoms with van der Waals surface area (Å²) in [7, 11) is 1.67. The lowest BCUT2D eigenvalue weighted by Crippen LogP contribution is -2.20. The van der Waals surface area contributed by atoms with Crippen molar-refractivity contribution in [3.8, 4) is 16.9 Å². The fourth-order valence-electron chi connectivity index (χ4n) is 3.56. The van der Waals surface area contributed by atoms with E-state index in [0.717, 1.165) is 22.6 Å². The van der Waals surface area contributed by atoms with Crippen LogP contribution < -0.4 is 10.1 Å². The van der Waals surface area contributed by atoms with Crippen molar-refractivity contribution in [2.45, 2.75) is 6.04 Å². The molecular formula is C23H19N5O. The highest BCUT2D eigenvalue weighted by Gasteiger charge is 2.24. The number of nitrogens with one attached hydrogen (secondary N) is 1. The van der Waals surface area contributed by atoms with E-state index in [-0.39, 0.29) is 6.04 Å². The highest BCUT2D eigenvalue weighted by atomic mass is 16.5. The number of tetrazole rings is 1. The maximum atomic E-state index is 5.38. The average Bonchev–Trinajstić information content (AvgIpc) is 3.28. The molecule has 1 N–H and O–H groups in total. The maximum Gasteiger partial charge on any atom is 0.248 e. The molecule has 0 amide bonds. The molecule has 2 heterocycles. The number of hydrogen-bond acceptors (Lipinski definition) is 5. The van der Waals surface area contributed by atoms with Crippen molar-refractivity contribution in [1.29, 1.82) is 0 Å². The fraction of sp³-hybridized carbons (Fsp3) is 0.0870. The van der Waals surface area contributed by atoms with Gasteiger partial charge in [0.25, 0.3) is 0 Å². The second kappa shape index (κ2) is 7.24. The van der Waals surface area contributed by atoms with E-state index in [0.29, 0.717) is 5.95 Å². The van der Waals surface area contributed by atoms with Crippen molar-refractivity contribution >= 4 is 11.6 Å². The van der Waals surface area contributed by atoms with Crippen LogP contribution in [0, 0.1) is 0 Å². The lowest BCUT2D eigenvalue weighted by molar-refractivity contribution is 0.413. The average molecular weight is 381 g/mol. The van der Waals surface area contributed by atoms with Crippen LogP contribution in [0.3, 0.4) is 0 Å². The third kappa shape index (κ3) is 3.25. The van der Waals surface area contributed by atoms with E-state index in [2.05, 4.69) is 69.4 Å². The van der Waals surface area contributed by atoms with Crippen molar-refractivity contribution in [2.24, 2.45) is 0 Å². The van der Waals surface area contributed by atoms with Crippen molar-refractivity contribution in [1.82, 2.24) is 20.2 Å². The van der Waals surface area contributed by atoms with Crippen molar-refractivity contribution in [3.05, 3.63) is 96.1 Å². The Labute approximate surface area is 168 Å². The van der Waals surface area contributed by atoms with Gasteiger partial charge >= 0.3 is 0 Å². The number of anilines is 1. The van der Waals surface area contributed by atoms with Crippen LogP contribution in [0.1, 0.15) is 17.2 Å². The molecule has 1 aromatic heterocycles. The molecule has 1 aliphatic heterocycles. The summed E-state index contributed by atoms with van der Waals surface area (Å²) >= 11 is 0. The van der Waals surface area contributed by atoms with Crippen LogP contribution in [0.5, 0.6) is 5.75 Å². The molecular weight excluding hydrogens is 362 g/mol. The molecule has 0 fully saturated rings. The van der Waals surface area contributed by atoms with Gasteiger partial charge in [0.1, 0.15) is 11.8 Å². The zero-order valence-corrected chi connectivity index (χ0v) is 15.9. The van der Waals surface area contributed by atoms with Gasteiger partial charge in [-0.2, -0.15) is 4.68 Å². The van der Waals surface area contributed by atoms with E-state index in [1.807, 2.05) is 36.4 Å². The van der Waals surface area contributed by atoms with E-state index < -0.39 is 0 Å². The van der Waals surface area contributed by atoms with Gasteiger partial charge in [-0.25, -0.2) is 0 Å². The number of allylic oxidation sites excluding steroid dienone is 1. The third-order valence-corrected chi connectivity index (χ3v) is 5.07. The van der Waals surface area contributed by atoms with Gasteiger partial charge in [0, 0.05) is 5.70 Å². The SMILES string of the molecule is COc1cccc(C2C=C(c3ccc(-c4ccccc4)cc3)Nc3nnnn32)c1. The van der Waals surface area contributed by atoms with Gasteiger partial charge in [-0.1, -0.05) is 71.8 Å². The van der Waals surface area contributed by atoms with Gasteiger partial charge in [0.15, 0.2) is 0 Å². The third-order valence-electron chi connectivity index (χ3n) is 5.07. The summed E-state index contributed by atoms with van der Waals surface area (Å²) in [4.78, 5) is 0. The number of aromatic nitrogens is 4. The topological polar surface area (TPSA) is 64.9 Å². The summed E-state index contributed by atoms with van der Waals surface area (Å²) in [5.41, 5.74) is 5.48. The summed E-state index contributed by atoms with van der Waals surface area (Å²) in [5.74, 6) is 1.42. The smallest absolute Gasteiger partial charge is 0.248 e. The second-order valence-corrected chi connectivity index (χ2v) is 6.82. The lowest BCUT2D eigenvalue weighted by atomic mass is 9.99. The minimum atomic E-state index is -0.125. The number of ether oxygens (including phenoxy) is 1. The predicted molar refractivity (Wildman–Crippen MR) is 112 cm³/mol. The second-order valence-electron chi connectivity index (χ2n) is 6.82. The van der Waals surface area contributed by atoms with Crippen molar-refractivity contribution < 1.29 is 4.74 Å². The van der Waals surface area contributed by atoms with E-state index in [9.17, 15) is 0 Å². The van der Waals surface area contributed by atoms with Crippen LogP contribution in [-0.4, -0.2) is 27.3 Å². The normalized spacial score (nSPS) is 15.2. The molecule has 6 nitrogen and oxygen atoms in total. The largest absolute Gasteiger partial charge is 0.497 e. The molecule has 0 spiro atoms. The number of rotatable bonds is 4. The van der Waals surface area contributed by atoms with Crippen LogP contribution >= 0.6 is 0 Å². The number of nitrogens with zero attached hydrogens (tertiary/aromatic N) is 4. The molecule has 5 rings (SSSR count). The van der Waals surface area contributed by atoms with Gasteiger partial charge in [-0.15, -0.1) is 0 Å². The van der Waals surface area contributed by atoms with Gasteiger partial charge in [-0.3, -0.25) is 0 Å². The molecule has 1 aliphatic rings. The Balaban J connectivity index is 1.52. The van der Waals surface area contributed by atoms with Gasteiger partial charge in [0.05, 0.1) is 7.11 Å². The Morgan fingerprint density at radius 1 is 0.862 bits per heavy atom. The van der Waals surface area contributed by atoms with Crippen LogP contribution in [0.2, 0.25) is 0 Å². The summed E-state index contributed by atoms with van der Waals surface area (Å²) in [6.45, 7) is 0. The maximum absolute atomic E-state index is 5.38. The molecule has 0 aliphatic carbocycles. The molecule has 6 heteroatoms. The number of methoxy groups -OCH3 is 1. The van der Waals surface area contributed by atoms with Gasteiger partial charge < -0.3 is 10.1 Å². The molecule has 4 aromatic rings.